The molecule has 0 spiro atoms. The molecule has 0 radical (unpaired) electrons. The fourth-order valence-corrected chi connectivity index (χ4v) is 1.88. The predicted octanol–water partition coefficient (Wildman–Crippen LogP) is 3.95. The summed E-state index contributed by atoms with van der Waals surface area (Å²) in [4.78, 5) is 2.52. The van der Waals surface area contributed by atoms with Gasteiger partial charge in [-0.3, -0.25) is 0 Å². The molecule has 0 N–H and O–H groups in total. The molecule has 0 bridgehead atoms. The van der Waals surface area contributed by atoms with E-state index in [2.05, 4.69) is 32.6 Å². The van der Waals surface area contributed by atoms with Crippen LogP contribution in [0.25, 0.3) is 0 Å². The van der Waals surface area contributed by atoms with E-state index < -0.39 is 0 Å². The lowest BCUT2D eigenvalue weighted by molar-refractivity contribution is 0.0210. The van der Waals surface area contributed by atoms with E-state index in [-0.39, 0.29) is 0 Å². The summed E-state index contributed by atoms with van der Waals surface area (Å²) < 4.78 is 5.88. The first-order chi connectivity index (χ1) is 8.15. The van der Waals surface area contributed by atoms with Gasteiger partial charge in [-0.25, -0.2) is 0 Å². The first-order valence-electron chi connectivity index (χ1n) is 7.49. The topological polar surface area (TPSA) is 12.5 Å². The largest absolute Gasteiger partial charge is 0.378 e. The van der Waals surface area contributed by atoms with Crippen LogP contribution in [0, 0.1) is 5.41 Å². The Morgan fingerprint density at radius 3 is 2.00 bits per heavy atom. The van der Waals surface area contributed by atoms with Crippen LogP contribution in [0.1, 0.15) is 60.8 Å². The Balaban J connectivity index is 0.00000121. The zero-order valence-electron chi connectivity index (χ0n) is 12.9. The number of hydrogen-bond donors (Lipinski definition) is 0. The molecule has 104 valence electrons. The normalized spacial score (nSPS) is 18.5. The highest BCUT2D eigenvalue weighted by Gasteiger charge is 2.43. The van der Waals surface area contributed by atoms with E-state index in [1.165, 1.54) is 32.5 Å². The average Bonchev–Trinajstić information content (AvgIpc) is 3.16. The molecule has 0 amide bonds. The molecule has 0 aromatic carbocycles. The summed E-state index contributed by atoms with van der Waals surface area (Å²) in [6.45, 7) is 17.4. The second kappa shape index (κ2) is 8.93. The maximum atomic E-state index is 5.88. The van der Waals surface area contributed by atoms with Gasteiger partial charge in [-0.2, -0.15) is 0 Å². The van der Waals surface area contributed by atoms with Crippen LogP contribution in [0.3, 0.4) is 0 Å². The van der Waals surface area contributed by atoms with Gasteiger partial charge in [-0.15, -0.1) is 0 Å². The van der Waals surface area contributed by atoms with Crippen molar-refractivity contribution in [3.63, 3.8) is 0 Å². The fraction of sp³-hybridized carbons (Fsp3) is 1.00. The lowest BCUT2D eigenvalue weighted by Gasteiger charge is -2.26. The molecule has 0 heterocycles. The molecule has 1 saturated carbocycles. The lowest BCUT2D eigenvalue weighted by Crippen LogP contribution is -2.33. The van der Waals surface area contributed by atoms with Gasteiger partial charge in [0.25, 0.3) is 0 Å². The molecule has 0 aromatic heterocycles. The minimum absolute atomic E-state index is 0.430. The Hall–Kier alpha value is -0.0800. The molecule has 0 aromatic rings. The highest BCUT2D eigenvalue weighted by atomic mass is 16.5. The first kappa shape index (κ1) is 16.9. The molecule has 1 aliphatic rings. The van der Waals surface area contributed by atoms with Crippen LogP contribution < -0.4 is 0 Å². The van der Waals surface area contributed by atoms with Gasteiger partial charge in [0.1, 0.15) is 0 Å². The fourth-order valence-electron chi connectivity index (χ4n) is 1.88. The van der Waals surface area contributed by atoms with Crippen molar-refractivity contribution in [3.05, 3.63) is 0 Å². The minimum Gasteiger partial charge on any atom is -0.378 e. The van der Waals surface area contributed by atoms with Crippen molar-refractivity contribution in [3.8, 4) is 0 Å². The second-order valence-electron chi connectivity index (χ2n) is 4.99. The monoisotopic (exact) mass is 243 g/mol. The summed E-state index contributed by atoms with van der Waals surface area (Å²) in [5.74, 6) is 0. The smallest absolute Gasteiger partial charge is 0.0544 e. The molecule has 1 unspecified atom stereocenters. The number of ether oxygens (including phenoxy) is 1. The van der Waals surface area contributed by atoms with E-state index in [1.54, 1.807) is 0 Å². The van der Waals surface area contributed by atoms with E-state index in [0.29, 0.717) is 11.5 Å². The van der Waals surface area contributed by atoms with Gasteiger partial charge in [-0.05, 0) is 39.3 Å². The second-order valence-corrected chi connectivity index (χ2v) is 4.99. The summed E-state index contributed by atoms with van der Waals surface area (Å²) in [6.07, 6.45) is 4.28. The van der Waals surface area contributed by atoms with Gasteiger partial charge >= 0.3 is 0 Å². The third-order valence-electron chi connectivity index (χ3n) is 3.66. The van der Waals surface area contributed by atoms with E-state index >= 15 is 0 Å². The van der Waals surface area contributed by atoms with Crippen LogP contribution >= 0.6 is 0 Å². The maximum absolute atomic E-state index is 5.88. The van der Waals surface area contributed by atoms with Crippen LogP contribution in [-0.4, -0.2) is 37.2 Å². The summed E-state index contributed by atoms with van der Waals surface area (Å²) >= 11 is 0. The number of hydrogen-bond acceptors (Lipinski definition) is 2. The highest BCUT2D eigenvalue weighted by Crippen LogP contribution is 2.46. The molecule has 1 fully saturated rings. The van der Waals surface area contributed by atoms with Gasteiger partial charge < -0.3 is 9.64 Å². The van der Waals surface area contributed by atoms with Gasteiger partial charge in [0, 0.05) is 12.0 Å². The van der Waals surface area contributed by atoms with Crippen LogP contribution in [0.15, 0.2) is 0 Å². The lowest BCUT2D eigenvalue weighted by atomic mass is 10.1. The minimum atomic E-state index is 0.430. The van der Waals surface area contributed by atoms with Crippen molar-refractivity contribution in [2.75, 3.05) is 26.2 Å². The molecule has 1 rings (SSSR count). The third kappa shape index (κ3) is 6.42. The van der Waals surface area contributed by atoms with Gasteiger partial charge in [0.05, 0.1) is 12.7 Å². The summed E-state index contributed by atoms with van der Waals surface area (Å²) in [5.41, 5.74) is 0.509. The van der Waals surface area contributed by atoms with Gasteiger partial charge in [-0.1, -0.05) is 34.6 Å². The van der Waals surface area contributed by atoms with E-state index in [0.717, 1.165) is 13.0 Å². The molecule has 17 heavy (non-hydrogen) atoms. The quantitative estimate of drug-likeness (QED) is 0.640. The molecule has 0 saturated heterocycles. The molecular formula is C15H33NO. The van der Waals surface area contributed by atoms with E-state index in [9.17, 15) is 0 Å². The summed E-state index contributed by atoms with van der Waals surface area (Å²) in [5, 5.41) is 0. The Bertz CT molecular complexity index is 174. The predicted molar refractivity (Wildman–Crippen MR) is 76.5 cm³/mol. The molecule has 2 nitrogen and oxygen atoms in total. The Kier molecular flexibility index (Phi) is 8.89. The SMILES string of the molecule is CC.CCC(C)OCC1(CN(CC)CC)CC1. The van der Waals surface area contributed by atoms with Crippen molar-refractivity contribution in [2.45, 2.75) is 66.9 Å². The zero-order valence-corrected chi connectivity index (χ0v) is 12.9. The van der Waals surface area contributed by atoms with Crippen LogP contribution in [0.4, 0.5) is 0 Å². The summed E-state index contributed by atoms with van der Waals surface area (Å²) in [6, 6.07) is 0. The Morgan fingerprint density at radius 2 is 1.65 bits per heavy atom. The molecule has 2 heteroatoms. The molecule has 0 aliphatic heterocycles. The molecular weight excluding hydrogens is 210 g/mol. The first-order valence-corrected chi connectivity index (χ1v) is 7.49. The Morgan fingerprint density at radius 1 is 1.12 bits per heavy atom. The van der Waals surface area contributed by atoms with Gasteiger partial charge in [0.2, 0.25) is 0 Å². The van der Waals surface area contributed by atoms with Gasteiger partial charge in [0.15, 0.2) is 0 Å². The van der Waals surface area contributed by atoms with Crippen molar-refractivity contribution in [2.24, 2.45) is 5.41 Å². The van der Waals surface area contributed by atoms with E-state index in [1.807, 2.05) is 13.8 Å². The van der Waals surface area contributed by atoms with Crippen LogP contribution in [0.2, 0.25) is 0 Å². The zero-order chi connectivity index (χ0) is 13.3. The third-order valence-corrected chi connectivity index (χ3v) is 3.66. The average molecular weight is 243 g/mol. The van der Waals surface area contributed by atoms with Crippen molar-refractivity contribution >= 4 is 0 Å². The summed E-state index contributed by atoms with van der Waals surface area (Å²) in [7, 11) is 0. The van der Waals surface area contributed by atoms with Crippen LogP contribution in [-0.2, 0) is 4.74 Å². The van der Waals surface area contributed by atoms with Crippen molar-refractivity contribution in [1.82, 2.24) is 4.90 Å². The van der Waals surface area contributed by atoms with E-state index in [4.69, 9.17) is 4.74 Å². The standard InChI is InChI=1S/C13H27NO.C2H6/c1-5-12(4)15-11-13(8-9-13)10-14(6-2)7-3;1-2/h12H,5-11H2,1-4H3;1-2H3. The highest BCUT2D eigenvalue weighted by molar-refractivity contribution is 4.95. The number of rotatable bonds is 8. The van der Waals surface area contributed by atoms with Crippen LogP contribution in [0.5, 0.6) is 0 Å². The maximum Gasteiger partial charge on any atom is 0.0544 e. The van der Waals surface area contributed by atoms with Crippen molar-refractivity contribution < 1.29 is 4.74 Å². The molecule has 1 aliphatic carbocycles. The Labute approximate surface area is 109 Å². The van der Waals surface area contributed by atoms with Crippen molar-refractivity contribution in [1.29, 1.82) is 0 Å². The number of nitrogens with zero attached hydrogens (tertiary/aromatic N) is 1. The molecule has 1 atom stereocenters.